The zero-order valence-electron chi connectivity index (χ0n) is 14.3. The van der Waals surface area contributed by atoms with Crippen molar-refractivity contribution in [3.05, 3.63) is 59.8 Å². The average molecular weight is 326 g/mol. The molecule has 3 rings (SSSR count). The van der Waals surface area contributed by atoms with E-state index < -0.39 is 0 Å². The number of hydrogen-bond acceptors (Lipinski definition) is 4. The van der Waals surface area contributed by atoms with Crippen molar-refractivity contribution >= 4 is 0 Å². The van der Waals surface area contributed by atoms with Crippen LogP contribution in [0.4, 0.5) is 0 Å². The van der Waals surface area contributed by atoms with Crippen LogP contribution in [0, 0.1) is 5.92 Å². The second-order valence-corrected chi connectivity index (χ2v) is 6.48. The fraction of sp³-hybridized carbons (Fsp3) is 0.450. The summed E-state index contributed by atoms with van der Waals surface area (Å²) < 4.78 is 11.4. The molecule has 2 heterocycles. The van der Waals surface area contributed by atoms with Gasteiger partial charge in [-0.2, -0.15) is 0 Å². The van der Waals surface area contributed by atoms with Crippen molar-refractivity contribution in [3.63, 3.8) is 0 Å². The molecule has 1 aliphatic heterocycles. The third-order valence-corrected chi connectivity index (χ3v) is 4.38. The zero-order chi connectivity index (χ0) is 16.6. The van der Waals surface area contributed by atoms with Gasteiger partial charge in [0.2, 0.25) is 5.88 Å². The second kappa shape index (κ2) is 8.81. The van der Waals surface area contributed by atoms with Gasteiger partial charge >= 0.3 is 0 Å². The van der Waals surface area contributed by atoms with E-state index in [1.165, 1.54) is 5.56 Å². The van der Waals surface area contributed by atoms with Crippen molar-refractivity contribution in [2.24, 2.45) is 5.92 Å². The lowest BCUT2D eigenvalue weighted by molar-refractivity contribution is 0.00289. The summed E-state index contributed by atoms with van der Waals surface area (Å²) in [4.78, 5) is 4.30. The summed E-state index contributed by atoms with van der Waals surface area (Å²) >= 11 is 0. The molecule has 4 heteroatoms. The standard InChI is InChI=1S/C20H26N2O2/c1-16-11-19(8-10-23-16)14-21-13-18-7-9-22-20(12-18)24-15-17-5-3-2-4-6-17/h2-7,9,12,16,19,21H,8,10-11,13-15H2,1H3. The van der Waals surface area contributed by atoms with Gasteiger partial charge < -0.3 is 14.8 Å². The molecule has 2 atom stereocenters. The highest BCUT2D eigenvalue weighted by Gasteiger charge is 2.18. The third kappa shape index (κ3) is 5.32. The van der Waals surface area contributed by atoms with E-state index >= 15 is 0 Å². The highest BCUT2D eigenvalue weighted by Crippen LogP contribution is 2.19. The van der Waals surface area contributed by atoms with E-state index in [2.05, 4.69) is 29.4 Å². The van der Waals surface area contributed by atoms with Gasteiger partial charge in [-0.1, -0.05) is 30.3 Å². The molecule has 128 valence electrons. The molecule has 0 spiro atoms. The number of hydrogen-bond donors (Lipinski definition) is 1. The van der Waals surface area contributed by atoms with E-state index in [9.17, 15) is 0 Å². The summed E-state index contributed by atoms with van der Waals surface area (Å²) in [6.07, 6.45) is 4.51. The molecule has 1 aromatic carbocycles. The van der Waals surface area contributed by atoms with Gasteiger partial charge in [-0.15, -0.1) is 0 Å². The summed E-state index contributed by atoms with van der Waals surface area (Å²) in [6.45, 7) is 5.47. The van der Waals surface area contributed by atoms with Crippen molar-refractivity contribution in [2.45, 2.75) is 39.0 Å². The van der Waals surface area contributed by atoms with Crippen molar-refractivity contribution in [1.29, 1.82) is 0 Å². The van der Waals surface area contributed by atoms with Crippen LogP contribution >= 0.6 is 0 Å². The first-order valence-corrected chi connectivity index (χ1v) is 8.73. The normalized spacial score (nSPS) is 20.7. The van der Waals surface area contributed by atoms with Gasteiger partial charge in [0.25, 0.3) is 0 Å². The fourth-order valence-corrected chi connectivity index (χ4v) is 3.07. The topological polar surface area (TPSA) is 43.4 Å². The molecule has 2 aromatic rings. The maximum absolute atomic E-state index is 5.79. The number of ether oxygens (including phenoxy) is 2. The van der Waals surface area contributed by atoms with Gasteiger partial charge in [0.05, 0.1) is 6.10 Å². The minimum Gasteiger partial charge on any atom is -0.473 e. The maximum atomic E-state index is 5.79. The summed E-state index contributed by atoms with van der Waals surface area (Å²) in [7, 11) is 0. The Morgan fingerprint density at radius 2 is 2.08 bits per heavy atom. The van der Waals surface area contributed by atoms with E-state index in [0.717, 1.165) is 38.1 Å². The number of nitrogens with one attached hydrogen (secondary N) is 1. The highest BCUT2D eigenvalue weighted by atomic mass is 16.5. The van der Waals surface area contributed by atoms with E-state index in [1.54, 1.807) is 0 Å². The maximum Gasteiger partial charge on any atom is 0.213 e. The van der Waals surface area contributed by atoms with E-state index in [-0.39, 0.29) is 0 Å². The first-order valence-electron chi connectivity index (χ1n) is 8.73. The van der Waals surface area contributed by atoms with Gasteiger partial charge in [0.1, 0.15) is 6.61 Å². The summed E-state index contributed by atoms with van der Waals surface area (Å²) in [5.74, 6) is 1.39. The Hall–Kier alpha value is -1.91. The van der Waals surface area contributed by atoms with Crippen LogP contribution in [0.3, 0.4) is 0 Å². The quantitative estimate of drug-likeness (QED) is 0.845. The Balaban J connectivity index is 1.44. The molecule has 24 heavy (non-hydrogen) atoms. The molecule has 0 aliphatic carbocycles. The minimum absolute atomic E-state index is 0.393. The lowest BCUT2D eigenvalue weighted by Crippen LogP contribution is -2.30. The van der Waals surface area contributed by atoms with E-state index in [0.29, 0.717) is 24.5 Å². The number of benzene rings is 1. The van der Waals surface area contributed by atoms with Crippen LogP contribution in [0.5, 0.6) is 5.88 Å². The van der Waals surface area contributed by atoms with E-state index in [1.807, 2.05) is 36.5 Å². The number of nitrogens with zero attached hydrogens (tertiary/aromatic N) is 1. The first kappa shape index (κ1) is 16.9. The Labute approximate surface area is 144 Å². The van der Waals surface area contributed by atoms with Crippen LogP contribution in [0.1, 0.15) is 30.9 Å². The molecule has 1 aliphatic rings. The Morgan fingerprint density at radius 3 is 2.92 bits per heavy atom. The molecule has 1 fully saturated rings. The highest BCUT2D eigenvalue weighted by molar-refractivity contribution is 5.21. The van der Waals surface area contributed by atoms with Crippen LogP contribution in [-0.4, -0.2) is 24.2 Å². The fourth-order valence-electron chi connectivity index (χ4n) is 3.07. The predicted octanol–water partition coefficient (Wildman–Crippen LogP) is 3.57. The van der Waals surface area contributed by atoms with Gasteiger partial charge in [-0.05, 0) is 49.4 Å². The third-order valence-electron chi connectivity index (χ3n) is 4.38. The SMILES string of the molecule is CC1CC(CNCc2ccnc(OCc3ccccc3)c2)CCO1. The Bertz CT molecular complexity index is 618. The van der Waals surface area contributed by atoms with Crippen LogP contribution in [0.15, 0.2) is 48.7 Å². The molecule has 0 saturated carbocycles. The molecule has 0 bridgehead atoms. The van der Waals surface area contributed by atoms with Crippen LogP contribution < -0.4 is 10.1 Å². The Kier molecular flexibility index (Phi) is 6.21. The van der Waals surface area contributed by atoms with Gasteiger partial charge in [0.15, 0.2) is 0 Å². The van der Waals surface area contributed by atoms with Gasteiger partial charge in [-0.3, -0.25) is 0 Å². The molecule has 1 N–H and O–H groups in total. The molecule has 2 unspecified atom stereocenters. The summed E-state index contributed by atoms with van der Waals surface area (Å²) in [5, 5.41) is 3.55. The molecular formula is C20H26N2O2. The molecule has 0 amide bonds. The lowest BCUT2D eigenvalue weighted by Gasteiger charge is -2.27. The van der Waals surface area contributed by atoms with Gasteiger partial charge in [0, 0.05) is 25.4 Å². The lowest BCUT2D eigenvalue weighted by atomic mass is 9.96. The molecular weight excluding hydrogens is 300 g/mol. The Morgan fingerprint density at radius 1 is 1.21 bits per heavy atom. The zero-order valence-corrected chi connectivity index (χ0v) is 14.3. The average Bonchev–Trinajstić information content (AvgIpc) is 2.61. The molecule has 1 saturated heterocycles. The smallest absolute Gasteiger partial charge is 0.213 e. The summed E-state index contributed by atoms with van der Waals surface area (Å²) in [5.41, 5.74) is 2.35. The number of aromatic nitrogens is 1. The predicted molar refractivity (Wildman–Crippen MR) is 94.9 cm³/mol. The van der Waals surface area contributed by atoms with Crippen molar-refractivity contribution in [3.8, 4) is 5.88 Å². The molecule has 0 radical (unpaired) electrons. The van der Waals surface area contributed by atoms with Crippen LogP contribution in [0.2, 0.25) is 0 Å². The number of rotatable bonds is 7. The minimum atomic E-state index is 0.393. The van der Waals surface area contributed by atoms with Crippen molar-refractivity contribution < 1.29 is 9.47 Å². The van der Waals surface area contributed by atoms with Crippen molar-refractivity contribution in [1.82, 2.24) is 10.3 Å². The van der Waals surface area contributed by atoms with Crippen LogP contribution in [0.25, 0.3) is 0 Å². The molecule has 4 nitrogen and oxygen atoms in total. The number of pyridine rings is 1. The largest absolute Gasteiger partial charge is 0.473 e. The van der Waals surface area contributed by atoms with E-state index in [4.69, 9.17) is 9.47 Å². The molecule has 1 aromatic heterocycles. The summed E-state index contributed by atoms with van der Waals surface area (Å²) in [6, 6.07) is 14.2. The monoisotopic (exact) mass is 326 g/mol. The second-order valence-electron chi connectivity index (χ2n) is 6.48. The van der Waals surface area contributed by atoms with Gasteiger partial charge in [-0.25, -0.2) is 4.98 Å². The first-order chi connectivity index (χ1) is 11.8. The van der Waals surface area contributed by atoms with Crippen LogP contribution in [-0.2, 0) is 17.9 Å². The van der Waals surface area contributed by atoms with Crippen molar-refractivity contribution in [2.75, 3.05) is 13.2 Å².